The van der Waals surface area contributed by atoms with E-state index in [1.807, 2.05) is 0 Å². The maximum Gasteiger partial charge on any atom is 0.221 e. The lowest BCUT2D eigenvalue weighted by Crippen LogP contribution is -1.96. The normalized spacial score (nSPS) is 10.3. The van der Waals surface area contributed by atoms with Crippen LogP contribution in [0.1, 0.15) is 0 Å². The van der Waals surface area contributed by atoms with Gasteiger partial charge in [-0.2, -0.15) is 9.37 Å². The Hall–Kier alpha value is -1.69. The Morgan fingerprint density at radius 2 is 2.00 bits per heavy atom. The molecule has 0 saturated heterocycles. The van der Waals surface area contributed by atoms with Gasteiger partial charge in [0.15, 0.2) is 11.6 Å². The smallest absolute Gasteiger partial charge is 0.221 e. The highest BCUT2D eigenvalue weighted by molar-refractivity contribution is 9.10. The molecule has 1 aromatic carbocycles. The molecule has 0 bridgehead atoms. The molecule has 6 heteroatoms. The lowest BCUT2D eigenvalue weighted by Gasteiger charge is -2.07. The SMILES string of the molecule is Nc1cccc(Oc2cc(Br)cc(F)c2F)n1. The number of anilines is 1. The molecule has 2 rings (SSSR count). The summed E-state index contributed by atoms with van der Waals surface area (Å²) in [5.41, 5.74) is 5.44. The number of rotatable bonds is 2. The molecule has 0 atom stereocenters. The van der Waals surface area contributed by atoms with Gasteiger partial charge in [0.1, 0.15) is 5.82 Å². The van der Waals surface area contributed by atoms with Crippen LogP contribution in [0.15, 0.2) is 34.8 Å². The molecule has 0 unspecified atom stereocenters. The largest absolute Gasteiger partial charge is 0.436 e. The highest BCUT2D eigenvalue weighted by Gasteiger charge is 2.12. The number of halogens is 3. The zero-order valence-corrected chi connectivity index (χ0v) is 10.0. The second-order valence-corrected chi connectivity index (χ2v) is 4.12. The average Bonchev–Trinajstić information content (AvgIpc) is 2.25. The molecule has 0 aliphatic heterocycles. The fraction of sp³-hybridized carbons (Fsp3) is 0. The molecule has 0 saturated carbocycles. The molecule has 0 spiro atoms. The van der Waals surface area contributed by atoms with Crippen LogP contribution in [0.25, 0.3) is 0 Å². The molecule has 3 nitrogen and oxygen atoms in total. The van der Waals surface area contributed by atoms with E-state index in [2.05, 4.69) is 20.9 Å². The van der Waals surface area contributed by atoms with Gasteiger partial charge in [0, 0.05) is 10.5 Å². The van der Waals surface area contributed by atoms with Gasteiger partial charge in [-0.3, -0.25) is 0 Å². The molecule has 2 N–H and O–H groups in total. The van der Waals surface area contributed by atoms with Gasteiger partial charge >= 0.3 is 0 Å². The second kappa shape index (κ2) is 4.67. The van der Waals surface area contributed by atoms with Gasteiger partial charge in [-0.25, -0.2) is 4.39 Å². The molecule has 1 heterocycles. The molecule has 0 radical (unpaired) electrons. The van der Waals surface area contributed by atoms with Crippen molar-refractivity contribution in [1.29, 1.82) is 0 Å². The number of nitrogen functional groups attached to an aromatic ring is 1. The Morgan fingerprint density at radius 3 is 2.71 bits per heavy atom. The fourth-order valence-corrected chi connectivity index (χ4v) is 1.62. The zero-order valence-electron chi connectivity index (χ0n) is 8.45. The van der Waals surface area contributed by atoms with Crippen molar-refractivity contribution in [3.8, 4) is 11.6 Å². The van der Waals surface area contributed by atoms with Crippen molar-refractivity contribution in [3.05, 3.63) is 46.4 Å². The van der Waals surface area contributed by atoms with Crippen molar-refractivity contribution < 1.29 is 13.5 Å². The molecule has 0 aliphatic rings. The summed E-state index contributed by atoms with van der Waals surface area (Å²) in [4.78, 5) is 3.82. The molecule has 1 aromatic heterocycles. The molecule has 88 valence electrons. The quantitative estimate of drug-likeness (QED) is 0.864. The van der Waals surface area contributed by atoms with E-state index in [-0.39, 0.29) is 17.4 Å². The van der Waals surface area contributed by atoms with Gasteiger partial charge in [0.05, 0.1) is 0 Å². The number of hydrogen-bond donors (Lipinski definition) is 1. The van der Waals surface area contributed by atoms with Gasteiger partial charge < -0.3 is 10.5 Å². The summed E-state index contributed by atoms with van der Waals surface area (Å²) in [6, 6.07) is 6.97. The third-order valence-corrected chi connectivity index (χ3v) is 2.38. The third kappa shape index (κ3) is 2.71. The zero-order chi connectivity index (χ0) is 12.4. The molecule has 0 amide bonds. The number of ether oxygens (including phenoxy) is 1. The molecule has 0 fully saturated rings. The predicted octanol–water partition coefficient (Wildman–Crippen LogP) is 3.50. The van der Waals surface area contributed by atoms with E-state index in [0.717, 1.165) is 6.07 Å². The maximum absolute atomic E-state index is 13.4. The van der Waals surface area contributed by atoms with Crippen LogP contribution in [-0.2, 0) is 0 Å². The van der Waals surface area contributed by atoms with Crippen molar-refractivity contribution in [2.75, 3.05) is 5.73 Å². The first-order valence-electron chi connectivity index (χ1n) is 4.61. The molecule has 2 aromatic rings. The highest BCUT2D eigenvalue weighted by atomic mass is 79.9. The number of pyridine rings is 1. The van der Waals surface area contributed by atoms with E-state index in [4.69, 9.17) is 10.5 Å². The summed E-state index contributed by atoms with van der Waals surface area (Å²) in [5.74, 6) is -1.99. The first-order valence-corrected chi connectivity index (χ1v) is 5.40. The summed E-state index contributed by atoms with van der Waals surface area (Å²) in [6.07, 6.45) is 0. The van der Waals surface area contributed by atoms with Crippen LogP contribution in [-0.4, -0.2) is 4.98 Å². The second-order valence-electron chi connectivity index (χ2n) is 3.20. The molecular weight excluding hydrogens is 294 g/mol. The van der Waals surface area contributed by atoms with E-state index in [1.165, 1.54) is 12.1 Å². The summed E-state index contributed by atoms with van der Waals surface area (Å²) in [6.45, 7) is 0. The topological polar surface area (TPSA) is 48.1 Å². The lowest BCUT2D eigenvalue weighted by atomic mass is 10.3. The minimum Gasteiger partial charge on any atom is -0.436 e. The predicted molar refractivity (Wildman–Crippen MR) is 62.8 cm³/mol. The number of nitrogens with two attached hydrogens (primary N) is 1. The van der Waals surface area contributed by atoms with Crippen LogP contribution in [0.5, 0.6) is 11.6 Å². The van der Waals surface area contributed by atoms with E-state index < -0.39 is 11.6 Å². The minimum absolute atomic E-state index is 0.0985. The maximum atomic E-state index is 13.4. The van der Waals surface area contributed by atoms with E-state index in [1.54, 1.807) is 12.1 Å². The van der Waals surface area contributed by atoms with Crippen LogP contribution >= 0.6 is 15.9 Å². The van der Waals surface area contributed by atoms with E-state index in [9.17, 15) is 8.78 Å². The van der Waals surface area contributed by atoms with Crippen molar-refractivity contribution in [1.82, 2.24) is 4.98 Å². The first kappa shape index (κ1) is 11.8. The van der Waals surface area contributed by atoms with Gasteiger partial charge in [0.2, 0.25) is 11.7 Å². The van der Waals surface area contributed by atoms with Gasteiger partial charge in [0.25, 0.3) is 0 Å². The Bertz CT molecular complexity index is 563. The third-order valence-electron chi connectivity index (χ3n) is 1.92. The van der Waals surface area contributed by atoms with Crippen molar-refractivity contribution >= 4 is 21.7 Å². The Balaban J connectivity index is 2.36. The van der Waals surface area contributed by atoms with Crippen LogP contribution in [0, 0.1) is 11.6 Å². The monoisotopic (exact) mass is 300 g/mol. The Labute approximate surface area is 104 Å². The minimum atomic E-state index is -1.07. The summed E-state index contributed by atoms with van der Waals surface area (Å²) < 4.78 is 32.0. The summed E-state index contributed by atoms with van der Waals surface area (Å²) >= 11 is 3.04. The van der Waals surface area contributed by atoms with Gasteiger partial charge in [-0.15, -0.1) is 0 Å². The van der Waals surface area contributed by atoms with E-state index >= 15 is 0 Å². The number of benzene rings is 1. The van der Waals surface area contributed by atoms with Gasteiger partial charge in [-0.05, 0) is 18.2 Å². The fourth-order valence-electron chi connectivity index (χ4n) is 1.21. The van der Waals surface area contributed by atoms with Crippen LogP contribution in [0.2, 0.25) is 0 Å². The highest BCUT2D eigenvalue weighted by Crippen LogP contribution is 2.28. The number of aromatic nitrogens is 1. The Kier molecular flexibility index (Phi) is 3.23. The van der Waals surface area contributed by atoms with E-state index in [0.29, 0.717) is 4.47 Å². The summed E-state index contributed by atoms with van der Waals surface area (Å²) in [7, 11) is 0. The van der Waals surface area contributed by atoms with Crippen molar-refractivity contribution in [2.24, 2.45) is 0 Å². The van der Waals surface area contributed by atoms with Crippen molar-refractivity contribution in [2.45, 2.75) is 0 Å². The molecule has 17 heavy (non-hydrogen) atoms. The van der Waals surface area contributed by atoms with Crippen molar-refractivity contribution in [3.63, 3.8) is 0 Å². The first-order chi connectivity index (χ1) is 8.06. The van der Waals surface area contributed by atoms with Gasteiger partial charge in [-0.1, -0.05) is 22.0 Å². The summed E-state index contributed by atoms with van der Waals surface area (Å²) in [5, 5.41) is 0. The van der Waals surface area contributed by atoms with Crippen LogP contribution in [0.3, 0.4) is 0 Å². The average molecular weight is 301 g/mol. The lowest BCUT2D eigenvalue weighted by molar-refractivity contribution is 0.405. The molecule has 0 aliphatic carbocycles. The van der Waals surface area contributed by atoms with Crippen LogP contribution < -0.4 is 10.5 Å². The Morgan fingerprint density at radius 1 is 1.24 bits per heavy atom. The molecular formula is C11H7BrF2N2O. The number of nitrogens with zero attached hydrogens (tertiary/aromatic N) is 1. The standard InChI is InChI=1S/C11H7BrF2N2O/c12-6-4-7(13)11(14)8(5-6)17-10-3-1-2-9(15)16-10/h1-5H,(H2,15,16). The van der Waals surface area contributed by atoms with Crippen LogP contribution in [0.4, 0.5) is 14.6 Å². The number of hydrogen-bond acceptors (Lipinski definition) is 3.